The molecule has 0 amide bonds. The molecule has 5 aromatic rings. The molecule has 0 saturated heterocycles. The Hall–Kier alpha value is -3.77. The number of halogens is 1. The van der Waals surface area contributed by atoms with Crippen molar-refractivity contribution < 1.29 is 4.52 Å². The summed E-state index contributed by atoms with van der Waals surface area (Å²) in [6.07, 6.45) is 0. The van der Waals surface area contributed by atoms with Gasteiger partial charge in [0.1, 0.15) is 0 Å². The second kappa shape index (κ2) is 7.24. The lowest BCUT2D eigenvalue weighted by molar-refractivity contribution is 0.430. The highest BCUT2D eigenvalue weighted by molar-refractivity contribution is 6.30. The number of nitrogens with zero attached hydrogens (tertiary/aromatic N) is 4. The molecule has 2 aromatic heterocycles. The summed E-state index contributed by atoms with van der Waals surface area (Å²) in [6, 6.07) is 22.0. The van der Waals surface area contributed by atoms with Crippen LogP contribution in [0.3, 0.4) is 0 Å². The van der Waals surface area contributed by atoms with Crippen molar-refractivity contribution in [1.29, 1.82) is 0 Å². The van der Waals surface area contributed by atoms with Crippen LogP contribution in [0, 0.1) is 6.92 Å². The van der Waals surface area contributed by atoms with E-state index in [4.69, 9.17) is 16.1 Å². The summed E-state index contributed by atoms with van der Waals surface area (Å²) in [6.45, 7) is 1.93. The molecular formula is C23H15ClN4O2. The highest BCUT2D eigenvalue weighted by Crippen LogP contribution is 2.27. The minimum atomic E-state index is -0.207. The predicted molar refractivity (Wildman–Crippen MR) is 116 cm³/mol. The van der Waals surface area contributed by atoms with Crippen molar-refractivity contribution in [2.75, 3.05) is 0 Å². The number of aromatic nitrogens is 4. The molecule has 0 aliphatic rings. The van der Waals surface area contributed by atoms with Crippen LogP contribution >= 0.6 is 11.6 Å². The lowest BCUT2D eigenvalue weighted by Gasteiger charge is -2.11. The third-order valence-corrected chi connectivity index (χ3v) is 5.13. The Morgan fingerprint density at radius 1 is 0.900 bits per heavy atom. The van der Waals surface area contributed by atoms with Gasteiger partial charge in [0.2, 0.25) is 5.82 Å². The minimum Gasteiger partial charge on any atom is -0.332 e. The molecule has 7 heteroatoms. The first-order chi connectivity index (χ1) is 14.6. The molecule has 0 spiro atoms. The Bertz CT molecular complexity index is 1440. The summed E-state index contributed by atoms with van der Waals surface area (Å²) < 4.78 is 6.92. The van der Waals surface area contributed by atoms with Crippen molar-refractivity contribution >= 4 is 22.4 Å². The average Bonchev–Trinajstić information content (AvgIpc) is 3.25. The molecule has 0 radical (unpaired) electrons. The molecule has 0 aliphatic carbocycles. The normalized spacial score (nSPS) is 11.1. The number of rotatable bonds is 3. The summed E-state index contributed by atoms with van der Waals surface area (Å²) >= 11 is 5.96. The molecule has 5 rings (SSSR count). The second-order valence-corrected chi connectivity index (χ2v) is 7.26. The van der Waals surface area contributed by atoms with E-state index < -0.39 is 0 Å². The zero-order chi connectivity index (χ0) is 20.7. The van der Waals surface area contributed by atoms with Gasteiger partial charge in [0.25, 0.3) is 11.4 Å². The van der Waals surface area contributed by atoms with Crippen molar-refractivity contribution in [1.82, 2.24) is 19.9 Å². The summed E-state index contributed by atoms with van der Waals surface area (Å²) in [5.74, 6) is 0.652. The smallest absolute Gasteiger partial charge is 0.279 e. The van der Waals surface area contributed by atoms with Crippen LogP contribution in [-0.2, 0) is 0 Å². The molecule has 0 saturated carbocycles. The molecule has 0 bridgehead atoms. The topological polar surface area (TPSA) is 73.8 Å². The number of aryl methyl sites for hydroxylation is 1. The molecule has 0 atom stereocenters. The van der Waals surface area contributed by atoms with Gasteiger partial charge in [-0.2, -0.15) is 14.8 Å². The summed E-state index contributed by atoms with van der Waals surface area (Å²) in [4.78, 5) is 17.7. The van der Waals surface area contributed by atoms with E-state index in [1.165, 1.54) is 4.68 Å². The summed E-state index contributed by atoms with van der Waals surface area (Å²) in [5, 5.41) is 10.5. The molecular weight excluding hydrogens is 400 g/mol. The monoisotopic (exact) mass is 414 g/mol. The maximum Gasteiger partial charge on any atom is 0.279 e. The van der Waals surface area contributed by atoms with Gasteiger partial charge in [-0.05, 0) is 48.9 Å². The molecule has 3 aromatic carbocycles. The zero-order valence-electron chi connectivity index (χ0n) is 15.9. The van der Waals surface area contributed by atoms with Gasteiger partial charge in [-0.1, -0.05) is 53.2 Å². The van der Waals surface area contributed by atoms with Crippen LogP contribution in [0.15, 0.2) is 82.1 Å². The molecule has 0 unspecified atom stereocenters. The zero-order valence-corrected chi connectivity index (χ0v) is 16.7. The first-order valence-corrected chi connectivity index (χ1v) is 9.68. The fraction of sp³-hybridized carbons (Fsp3) is 0.0435. The van der Waals surface area contributed by atoms with Gasteiger partial charge in [-0.15, -0.1) is 0 Å². The number of hydrogen-bond donors (Lipinski definition) is 0. The minimum absolute atomic E-state index is 0.207. The fourth-order valence-electron chi connectivity index (χ4n) is 3.35. The quantitative estimate of drug-likeness (QED) is 0.412. The number of para-hydroxylation sites is 1. The highest BCUT2D eigenvalue weighted by atomic mass is 35.5. The number of benzene rings is 3. The van der Waals surface area contributed by atoms with Gasteiger partial charge in [-0.3, -0.25) is 4.79 Å². The maximum atomic E-state index is 13.1. The van der Waals surface area contributed by atoms with Crippen molar-refractivity contribution in [2.45, 2.75) is 6.92 Å². The molecule has 30 heavy (non-hydrogen) atoms. The summed E-state index contributed by atoms with van der Waals surface area (Å²) in [7, 11) is 0. The number of fused-ring (bicyclic) bond motifs is 1. The Morgan fingerprint density at radius 2 is 1.60 bits per heavy atom. The van der Waals surface area contributed by atoms with E-state index >= 15 is 0 Å². The first-order valence-electron chi connectivity index (χ1n) is 9.30. The molecule has 146 valence electrons. The largest absolute Gasteiger partial charge is 0.332 e. The number of hydrogen-bond acceptors (Lipinski definition) is 5. The van der Waals surface area contributed by atoms with Crippen LogP contribution in [-0.4, -0.2) is 19.9 Å². The SMILES string of the molecule is Cc1ccccc1-n1nc(-c2nc(-c3ccc(Cl)cc3)no2)c2ccccc2c1=O. The lowest BCUT2D eigenvalue weighted by Crippen LogP contribution is -2.23. The van der Waals surface area contributed by atoms with Gasteiger partial charge < -0.3 is 4.52 Å². The van der Waals surface area contributed by atoms with E-state index in [-0.39, 0.29) is 11.4 Å². The third kappa shape index (κ3) is 3.07. The Labute approximate surface area is 176 Å². The van der Waals surface area contributed by atoms with Gasteiger partial charge in [0.15, 0.2) is 5.69 Å². The van der Waals surface area contributed by atoms with Gasteiger partial charge in [0, 0.05) is 16.0 Å². The average molecular weight is 415 g/mol. The van der Waals surface area contributed by atoms with E-state index in [9.17, 15) is 4.79 Å². The summed E-state index contributed by atoms with van der Waals surface area (Å²) in [5.41, 5.74) is 2.64. The fourth-order valence-corrected chi connectivity index (χ4v) is 3.47. The van der Waals surface area contributed by atoms with Crippen LogP contribution in [0.2, 0.25) is 5.02 Å². The predicted octanol–water partition coefficient (Wildman–Crippen LogP) is 5.06. The Kier molecular flexibility index (Phi) is 4.41. The molecule has 0 fully saturated rings. The van der Waals surface area contributed by atoms with Crippen LogP contribution in [0.5, 0.6) is 0 Å². The Balaban J connectivity index is 1.74. The third-order valence-electron chi connectivity index (χ3n) is 4.88. The van der Waals surface area contributed by atoms with E-state index in [1.54, 1.807) is 18.2 Å². The van der Waals surface area contributed by atoms with E-state index in [2.05, 4.69) is 15.2 Å². The van der Waals surface area contributed by atoms with E-state index in [0.29, 0.717) is 33.0 Å². The van der Waals surface area contributed by atoms with Crippen LogP contribution in [0.4, 0.5) is 0 Å². The van der Waals surface area contributed by atoms with Crippen molar-refractivity contribution in [3.8, 4) is 28.7 Å². The maximum absolute atomic E-state index is 13.1. The van der Waals surface area contributed by atoms with E-state index in [1.807, 2.05) is 61.5 Å². The van der Waals surface area contributed by atoms with Crippen LogP contribution in [0.25, 0.3) is 39.4 Å². The Morgan fingerprint density at radius 3 is 2.37 bits per heavy atom. The van der Waals surface area contributed by atoms with E-state index in [0.717, 1.165) is 11.1 Å². The standard InChI is InChI=1S/C23H15ClN4O2/c1-14-6-2-5-9-19(14)28-23(29)18-8-4-3-7-17(18)20(26-28)22-25-21(27-30-22)15-10-12-16(24)13-11-15/h2-13H,1H3. The van der Waals surface area contributed by atoms with Crippen molar-refractivity contribution in [3.05, 3.63) is 93.7 Å². The lowest BCUT2D eigenvalue weighted by atomic mass is 10.1. The molecule has 0 N–H and O–H groups in total. The first kappa shape index (κ1) is 18.3. The van der Waals surface area contributed by atoms with Gasteiger partial charge in [-0.25, -0.2) is 0 Å². The van der Waals surface area contributed by atoms with Crippen molar-refractivity contribution in [3.63, 3.8) is 0 Å². The van der Waals surface area contributed by atoms with Gasteiger partial charge >= 0.3 is 0 Å². The molecule has 0 aliphatic heterocycles. The second-order valence-electron chi connectivity index (χ2n) is 6.83. The van der Waals surface area contributed by atoms with Crippen LogP contribution in [0.1, 0.15) is 5.56 Å². The van der Waals surface area contributed by atoms with Gasteiger partial charge in [0.05, 0.1) is 11.1 Å². The molecule has 6 nitrogen and oxygen atoms in total. The van der Waals surface area contributed by atoms with Crippen molar-refractivity contribution in [2.24, 2.45) is 0 Å². The molecule has 2 heterocycles. The van der Waals surface area contributed by atoms with Crippen LogP contribution < -0.4 is 5.56 Å². The highest BCUT2D eigenvalue weighted by Gasteiger charge is 2.19.